The van der Waals surface area contributed by atoms with E-state index in [1.807, 2.05) is 50.4 Å². The summed E-state index contributed by atoms with van der Waals surface area (Å²) in [6, 6.07) is 8.36. The van der Waals surface area contributed by atoms with Crippen molar-refractivity contribution in [3.8, 4) is 11.5 Å². The van der Waals surface area contributed by atoms with E-state index in [0.717, 1.165) is 5.56 Å². The monoisotopic (exact) mass is 388 g/mol. The molecule has 1 aromatic carbocycles. The molecule has 1 aliphatic heterocycles. The molecule has 0 spiro atoms. The van der Waals surface area contributed by atoms with Crippen molar-refractivity contribution in [1.82, 2.24) is 10.6 Å². The van der Waals surface area contributed by atoms with Crippen molar-refractivity contribution < 1.29 is 19.1 Å². The molecule has 0 fully saturated rings. The van der Waals surface area contributed by atoms with E-state index in [-0.39, 0.29) is 23.8 Å². The predicted molar refractivity (Wildman–Crippen MR) is 104 cm³/mol. The van der Waals surface area contributed by atoms with Crippen LogP contribution in [0.25, 0.3) is 0 Å². The Labute approximate surface area is 162 Å². The summed E-state index contributed by atoms with van der Waals surface area (Å²) in [5, 5.41) is 7.67. The van der Waals surface area contributed by atoms with E-state index in [9.17, 15) is 9.59 Å². The Morgan fingerprint density at radius 2 is 1.78 bits per heavy atom. The number of rotatable bonds is 6. The first-order valence-corrected chi connectivity index (χ1v) is 9.88. The highest BCUT2D eigenvalue weighted by Crippen LogP contribution is 2.32. The van der Waals surface area contributed by atoms with Gasteiger partial charge in [-0.25, -0.2) is 0 Å². The van der Waals surface area contributed by atoms with Gasteiger partial charge in [-0.2, -0.15) is 0 Å². The third-order valence-corrected chi connectivity index (χ3v) is 5.27. The molecule has 2 atom stereocenters. The number of hydrogen-bond donors (Lipinski definition) is 2. The molecule has 0 unspecified atom stereocenters. The van der Waals surface area contributed by atoms with Gasteiger partial charge in [-0.3, -0.25) is 9.59 Å². The first-order valence-electron chi connectivity index (χ1n) is 9.00. The summed E-state index contributed by atoms with van der Waals surface area (Å²) in [4.78, 5) is 25.7. The van der Waals surface area contributed by atoms with Crippen molar-refractivity contribution in [2.24, 2.45) is 5.92 Å². The highest BCUT2D eigenvalue weighted by atomic mass is 32.1. The van der Waals surface area contributed by atoms with E-state index in [2.05, 4.69) is 10.6 Å². The maximum atomic E-state index is 12.8. The number of benzene rings is 1. The average Bonchev–Trinajstić information content (AvgIpc) is 3.20. The standard InChI is InChI=1S/C20H24N2O4S/c1-12(2)18(22-19(23)17-5-4-10-27-17)20(24)21-13(3)14-6-7-15-16(11-14)26-9-8-25-15/h4-7,10-13,18H,8-9H2,1-3H3,(H,21,24)(H,22,23)/t13-,18-/m1/s1. The quantitative estimate of drug-likeness (QED) is 0.797. The minimum absolute atomic E-state index is 0.0404. The fourth-order valence-corrected chi connectivity index (χ4v) is 3.50. The summed E-state index contributed by atoms with van der Waals surface area (Å²) in [5.41, 5.74) is 0.916. The maximum absolute atomic E-state index is 12.8. The van der Waals surface area contributed by atoms with Crippen LogP contribution in [0, 0.1) is 5.92 Å². The molecule has 2 N–H and O–H groups in total. The summed E-state index contributed by atoms with van der Waals surface area (Å²) >= 11 is 1.35. The Hall–Kier alpha value is -2.54. The number of ether oxygens (including phenoxy) is 2. The number of fused-ring (bicyclic) bond motifs is 1. The van der Waals surface area contributed by atoms with E-state index < -0.39 is 6.04 Å². The fraction of sp³-hybridized carbons (Fsp3) is 0.400. The summed E-state index contributed by atoms with van der Waals surface area (Å²) in [6.07, 6.45) is 0. The zero-order valence-electron chi connectivity index (χ0n) is 15.7. The van der Waals surface area contributed by atoms with Gasteiger partial charge >= 0.3 is 0 Å². The molecule has 0 aliphatic carbocycles. The van der Waals surface area contributed by atoms with E-state index in [1.165, 1.54) is 11.3 Å². The molecular formula is C20H24N2O4S. The fourth-order valence-electron chi connectivity index (χ4n) is 2.87. The molecule has 0 radical (unpaired) electrons. The normalized spacial score (nSPS) is 15.1. The lowest BCUT2D eigenvalue weighted by molar-refractivity contribution is -0.124. The van der Waals surface area contributed by atoms with Crippen LogP contribution in [0.5, 0.6) is 11.5 Å². The van der Waals surface area contributed by atoms with Crippen LogP contribution in [0.3, 0.4) is 0 Å². The van der Waals surface area contributed by atoms with Crippen molar-refractivity contribution >= 4 is 23.2 Å². The van der Waals surface area contributed by atoms with E-state index >= 15 is 0 Å². The van der Waals surface area contributed by atoms with Crippen LogP contribution in [-0.4, -0.2) is 31.1 Å². The summed E-state index contributed by atoms with van der Waals surface area (Å²) in [6.45, 7) is 6.78. The lowest BCUT2D eigenvalue weighted by atomic mass is 10.0. The van der Waals surface area contributed by atoms with E-state index in [4.69, 9.17) is 9.47 Å². The first kappa shape index (κ1) is 19.2. The van der Waals surface area contributed by atoms with Gasteiger partial charge in [-0.1, -0.05) is 26.0 Å². The first-order chi connectivity index (χ1) is 13.0. The van der Waals surface area contributed by atoms with Crippen molar-refractivity contribution in [1.29, 1.82) is 0 Å². The number of hydrogen-bond acceptors (Lipinski definition) is 5. The minimum Gasteiger partial charge on any atom is -0.486 e. The van der Waals surface area contributed by atoms with Crippen LogP contribution in [0.1, 0.15) is 42.0 Å². The van der Waals surface area contributed by atoms with Gasteiger partial charge in [0.1, 0.15) is 19.3 Å². The molecule has 0 saturated carbocycles. The molecular weight excluding hydrogens is 364 g/mol. The molecule has 144 valence electrons. The minimum atomic E-state index is -0.612. The number of carbonyl (C=O) groups is 2. The Morgan fingerprint density at radius 3 is 2.44 bits per heavy atom. The molecule has 1 aliphatic rings. The van der Waals surface area contributed by atoms with Gasteiger partial charge in [0.2, 0.25) is 5.91 Å². The molecule has 7 heteroatoms. The van der Waals surface area contributed by atoms with Crippen molar-refractivity contribution in [3.05, 3.63) is 46.2 Å². The predicted octanol–water partition coefficient (Wildman–Crippen LogP) is 3.15. The molecule has 6 nitrogen and oxygen atoms in total. The lowest BCUT2D eigenvalue weighted by Crippen LogP contribution is -2.50. The van der Waals surface area contributed by atoms with Crippen molar-refractivity contribution in [2.75, 3.05) is 13.2 Å². The summed E-state index contributed by atoms with van der Waals surface area (Å²) < 4.78 is 11.1. The van der Waals surface area contributed by atoms with Gasteiger partial charge in [-0.05, 0) is 42.0 Å². The Balaban J connectivity index is 1.67. The molecule has 2 heterocycles. The van der Waals surface area contributed by atoms with E-state index in [0.29, 0.717) is 29.6 Å². The van der Waals surface area contributed by atoms with Crippen LogP contribution in [0.4, 0.5) is 0 Å². The average molecular weight is 388 g/mol. The van der Waals surface area contributed by atoms with E-state index in [1.54, 1.807) is 6.07 Å². The second kappa shape index (κ2) is 8.43. The van der Waals surface area contributed by atoms with Crippen molar-refractivity contribution in [3.63, 3.8) is 0 Å². The number of nitrogens with one attached hydrogen (secondary N) is 2. The SMILES string of the molecule is CC(C)[C@@H](NC(=O)c1cccs1)C(=O)N[C@H](C)c1ccc2c(c1)OCCO2. The summed E-state index contributed by atoms with van der Waals surface area (Å²) in [5.74, 6) is 0.919. The third-order valence-electron chi connectivity index (χ3n) is 4.41. The van der Waals surface area contributed by atoms with Gasteiger partial charge in [0, 0.05) is 0 Å². The van der Waals surface area contributed by atoms with Crippen LogP contribution in [-0.2, 0) is 4.79 Å². The molecule has 1 aromatic heterocycles. The highest BCUT2D eigenvalue weighted by Gasteiger charge is 2.26. The lowest BCUT2D eigenvalue weighted by Gasteiger charge is -2.25. The largest absolute Gasteiger partial charge is 0.486 e. The maximum Gasteiger partial charge on any atom is 0.262 e. The number of thiophene rings is 1. The van der Waals surface area contributed by atoms with Crippen LogP contribution in [0.15, 0.2) is 35.7 Å². The molecule has 0 bridgehead atoms. The Kier molecular flexibility index (Phi) is 6.01. The smallest absolute Gasteiger partial charge is 0.262 e. The zero-order valence-corrected chi connectivity index (χ0v) is 16.5. The topological polar surface area (TPSA) is 76.7 Å². The third kappa shape index (κ3) is 4.60. The van der Waals surface area contributed by atoms with Gasteiger partial charge in [-0.15, -0.1) is 11.3 Å². The van der Waals surface area contributed by atoms with Crippen LogP contribution < -0.4 is 20.1 Å². The van der Waals surface area contributed by atoms with Gasteiger partial charge in [0.25, 0.3) is 5.91 Å². The number of amides is 2. The van der Waals surface area contributed by atoms with Gasteiger partial charge < -0.3 is 20.1 Å². The number of carbonyl (C=O) groups excluding carboxylic acids is 2. The molecule has 2 aromatic rings. The Bertz CT molecular complexity index is 804. The molecule has 2 amide bonds. The molecule has 3 rings (SSSR count). The van der Waals surface area contributed by atoms with Gasteiger partial charge in [0.15, 0.2) is 11.5 Å². The van der Waals surface area contributed by atoms with Crippen molar-refractivity contribution in [2.45, 2.75) is 32.9 Å². The summed E-state index contributed by atoms with van der Waals surface area (Å²) in [7, 11) is 0. The second-order valence-electron chi connectivity index (χ2n) is 6.81. The van der Waals surface area contributed by atoms with Crippen LogP contribution in [0.2, 0.25) is 0 Å². The Morgan fingerprint density at radius 1 is 1.04 bits per heavy atom. The van der Waals surface area contributed by atoms with Gasteiger partial charge in [0.05, 0.1) is 10.9 Å². The second-order valence-corrected chi connectivity index (χ2v) is 7.75. The highest BCUT2D eigenvalue weighted by molar-refractivity contribution is 7.12. The molecule has 27 heavy (non-hydrogen) atoms. The zero-order chi connectivity index (χ0) is 19.4. The van der Waals surface area contributed by atoms with Crippen LogP contribution >= 0.6 is 11.3 Å². The molecule has 0 saturated heterocycles.